The van der Waals surface area contributed by atoms with Crippen LogP contribution in [0.5, 0.6) is 0 Å². The molecule has 1 saturated heterocycles. The summed E-state index contributed by atoms with van der Waals surface area (Å²) < 4.78 is 5.38. The first-order valence-electron chi connectivity index (χ1n) is 6.96. The van der Waals surface area contributed by atoms with Crippen LogP contribution >= 0.6 is 0 Å². The molecule has 1 aliphatic heterocycles. The van der Waals surface area contributed by atoms with Gasteiger partial charge in [0, 0.05) is 24.7 Å². The Kier molecular flexibility index (Phi) is 3.53. The van der Waals surface area contributed by atoms with Crippen molar-refractivity contribution in [2.24, 2.45) is 5.73 Å². The van der Waals surface area contributed by atoms with E-state index in [1.807, 2.05) is 24.3 Å². The quantitative estimate of drug-likeness (QED) is 0.893. The van der Waals surface area contributed by atoms with Gasteiger partial charge in [0.2, 0.25) is 5.91 Å². The molecule has 1 amide bonds. The van der Waals surface area contributed by atoms with Crippen LogP contribution < -0.4 is 5.73 Å². The van der Waals surface area contributed by atoms with Crippen LogP contribution in [-0.4, -0.2) is 43.2 Å². The molecule has 0 radical (unpaired) electrons. The predicted octanol–water partition coefficient (Wildman–Crippen LogP) is 1.36. The van der Waals surface area contributed by atoms with E-state index in [4.69, 9.17) is 10.5 Å². The number of nitrogens with zero attached hydrogens (tertiary/aromatic N) is 1. The van der Waals surface area contributed by atoms with Crippen molar-refractivity contribution in [3.63, 3.8) is 0 Å². The Morgan fingerprint density at radius 1 is 1.21 bits per heavy atom. The van der Waals surface area contributed by atoms with E-state index in [1.54, 1.807) is 0 Å². The summed E-state index contributed by atoms with van der Waals surface area (Å²) in [7, 11) is 0. The van der Waals surface area contributed by atoms with Gasteiger partial charge in [0.25, 0.3) is 0 Å². The fourth-order valence-electron chi connectivity index (χ4n) is 3.16. The molecule has 0 bridgehead atoms. The molecule has 4 nitrogen and oxygen atoms in total. The largest absolute Gasteiger partial charge is 0.379 e. The first kappa shape index (κ1) is 12.6. The summed E-state index contributed by atoms with van der Waals surface area (Å²) in [6.07, 6.45) is 2.26. The highest BCUT2D eigenvalue weighted by Gasteiger charge is 2.36. The van der Waals surface area contributed by atoms with Crippen molar-refractivity contribution in [3.8, 4) is 0 Å². The van der Waals surface area contributed by atoms with Gasteiger partial charge in [-0.1, -0.05) is 18.2 Å². The highest BCUT2D eigenvalue weighted by atomic mass is 16.5. The average Bonchev–Trinajstić information content (AvgIpc) is 2.39. The molecule has 3 rings (SSSR count). The van der Waals surface area contributed by atoms with E-state index in [0.717, 1.165) is 44.7 Å². The van der Waals surface area contributed by atoms with Gasteiger partial charge in [-0.05, 0) is 30.4 Å². The second kappa shape index (κ2) is 5.31. The highest BCUT2D eigenvalue weighted by molar-refractivity contribution is 5.94. The minimum atomic E-state index is -0.314. The molecule has 1 heterocycles. The van der Waals surface area contributed by atoms with Crippen molar-refractivity contribution in [1.82, 2.24) is 4.90 Å². The number of rotatable bonds is 3. The first-order chi connectivity index (χ1) is 9.25. The maximum atomic E-state index is 11.4. The third kappa shape index (κ3) is 2.51. The molecule has 4 heteroatoms. The van der Waals surface area contributed by atoms with E-state index in [2.05, 4.69) is 4.90 Å². The number of hydrogen-bond donors (Lipinski definition) is 1. The molecule has 102 valence electrons. The van der Waals surface area contributed by atoms with Crippen LogP contribution in [0.4, 0.5) is 0 Å². The number of hydrogen-bond acceptors (Lipinski definition) is 3. The third-order valence-corrected chi connectivity index (χ3v) is 4.34. The van der Waals surface area contributed by atoms with Crippen molar-refractivity contribution < 1.29 is 9.53 Å². The summed E-state index contributed by atoms with van der Waals surface area (Å²) in [5.74, 6) is 0.168. The maximum Gasteiger partial charge on any atom is 0.248 e. The second-order valence-electron chi connectivity index (χ2n) is 5.42. The van der Waals surface area contributed by atoms with Gasteiger partial charge in [-0.3, -0.25) is 9.69 Å². The van der Waals surface area contributed by atoms with E-state index in [1.165, 1.54) is 0 Å². The Labute approximate surface area is 113 Å². The summed E-state index contributed by atoms with van der Waals surface area (Å²) in [6, 6.07) is 8.39. The SMILES string of the molecule is NC(=O)c1ccccc1C1CC(N2CCOCC2)C1. The van der Waals surface area contributed by atoms with Crippen molar-refractivity contribution in [2.75, 3.05) is 26.3 Å². The van der Waals surface area contributed by atoms with E-state index < -0.39 is 0 Å². The van der Waals surface area contributed by atoms with Crippen LogP contribution in [0.2, 0.25) is 0 Å². The Bertz CT molecular complexity index is 463. The summed E-state index contributed by atoms with van der Waals surface area (Å²) in [6.45, 7) is 3.77. The van der Waals surface area contributed by atoms with Crippen LogP contribution in [0.25, 0.3) is 0 Å². The molecule has 0 aromatic heterocycles. The molecular weight excluding hydrogens is 240 g/mol. The fourth-order valence-corrected chi connectivity index (χ4v) is 3.16. The molecule has 2 N–H and O–H groups in total. The molecule has 1 saturated carbocycles. The molecule has 0 unspecified atom stereocenters. The molecule has 1 aromatic rings. The zero-order valence-electron chi connectivity index (χ0n) is 11.0. The van der Waals surface area contributed by atoms with Gasteiger partial charge in [0.05, 0.1) is 13.2 Å². The fraction of sp³-hybridized carbons (Fsp3) is 0.533. The number of carbonyl (C=O) groups is 1. The van der Waals surface area contributed by atoms with Crippen LogP contribution in [0, 0.1) is 0 Å². The summed E-state index contributed by atoms with van der Waals surface area (Å²) in [5, 5.41) is 0. The second-order valence-corrected chi connectivity index (χ2v) is 5.42. The van der Waals surface area contributed by atoms with Gasteiger partial charge in [0.1, 0.15) is 0 Å². The van der Waals surface area contributed by atoms with Gasteiger partial charge >= 0.3 is 0 Å². The first-order valence-corrected chi connectivity index (χ1v) is 6.96. The zero-order valence-corrected chi connectivity index (χ0v) is 11.0. The van der Waals surface area contributed by atoms with Crippen LogP contribution in [-0.2, 0) is 4.74 Å². The standard InChI is InChI=1S/C15H20N2O2/c16-15(18)14-4-2-1-3-13(14)11-9-12(10-11)17-5-7-19-8-6-17/h1-4,11-12H,5-10H2,(H2,16,18). The van der Waals surface area contributed by atoms with Crippen LogP contribution in [0.1, 0.15) is 34.7 Å². The lowest BCUT2D eigenvalue weighted by molar-refractivity contribution is -0.00703. The molecule has 1 aromatic carbocycles. The van der Waals surface area contributed by atoms with Crippen molar-refractivity contribution >= 4 is 5.91 Å². The normalized spacial score (nSPS) is 27.8. The van der Waals surface area contributed by atoms with Crippen molar-refractivity contribution in [3.05, 3.63) is 35.4 Å². The molecule has 2 aliphatic rings. The molecule has 2 fully saturated rings. The topological polar surface area (TPSA) is 55.6 Å². The van der Waals surface area contributed by atoms with Gasteiger partial charge in [-0.2, -0.15) is 0 Å². The minimum absolute atomic E-state index is 0.314. The van der Waals surface area contributed by atoms with Crippen LogP contribution in [0.15, 0.2) is 24.3 Å². The number of primary amides is 1. The third-order valence-electron chi connectivity index (χ3n) is 4.34. The number of ether oxygens (including phenoxy) is 1. The summed E-state index contributed by atoms with van der Waals surface area (Å²) >= 11 is 0. The van der Waals surface area contributed by atoms with Crippen LogP contribution in [0.3, 0.4) is 0 Å². The number of nitrogens with two attached hydrogens (primary N) is 1. The minimum Gasteiger partial charge on any atom is -0.379 e. The Morgan fingerprint density at radius 2 is 1.89 bits per heavy atom. The molecule has 0 spiro atoms. The lowest BCUT2D eigenvalue weighted by Crippen LogP contribution is -2.49. The summed E-state index contributed by atoms with van der Waals surface area (Å²) in [5.41, 5.74) is 7.26. The molecule has 0 atom stereocenters. The Morgan fingerprint density at radius 3 is 2.58 bits per heavy atom. The molecule has 1 aliphatic carbocycles. The number of amides is 1. The monoisotopic (exact) mass is 260 g/mol. The van der Waals surface area contributed by atoms with Crippen molar-refractivity contribution in [1.29, 1.82) is 0 Å². The number of carbonyl (C=O) groups excluding carboxylic acids is 1. The Hall–Kier alpha value is -1.39. The van der Waals surface area contributed by atoms with Gasteiger partial charge in [-0.15, -0.1) is 0 Å². The lowest BCUT2D eigenvalue weighted by atomic mass is 9.73. The smallest absolute Gasteiger partial charge is 0.248 e. The van der Waals surface area contributed by atoms with E-state index >= 15 is 0 Å². The van der Waals surface area contributed by atoms with Gasteiger partial charge < -0.3 is 10.5 Å². The van der Waals surface area contributed by atoms with Gasteiger partial charge in [-0.25, -0.2) is 0 Å². The van der Waals surface area contributed by atoms with Crippen molar-refractivity contribution in [2.45, 2.75) is 24.8 Å². The van der Waals surface area contributed by atoms with E-state index in [-0.39, 0.29) is 5.91 Å². The Balaban J connectivity index is 1.65. The molecular formula is C15H20N2O2. The number of benzene rings is 1. The summed E-state index contributed by atoms with van der Waals surface area (Å²) in [4.78, 5) is 14.0. The number of morpholine rings is 1. The highest BCUT2D eigenvalue weighted by Crippen LogP contribution is 2.41. The van der Waals surface area contributed by atoms with E-state index in [0.29, 0.717) is 17.5 Å². The lowest BCUT2D eigenvalue weighted by Gasteiger charge is -2.45. The van der Waals surface area contributed by atoms with E-state index in [9.17, 15) is 4.79 Å². The van der Waals surface area contributed by atoms with Gasteiger partial charge in [0.15, 0.2) is 0 Å². The maximum absolute atomic E-state index is 11.4. The predicted molar refractivity (Wildman–Crippen MR) is 73.1 cm³/mol. The zero-order chi connectivity index (χ0) is 13.2. The molecule has 19 heavy (non-hydrogen) atoms. The average molecular weight is 260 g/mol.